The highest BCUT2D eigenvalue weighted by Gasteiger charge is 2.31. The van der Waals surface area contributed by atoms with E-state index in [2.05, 4.69) is 9.84 Å². The molecule has 0 saturated heterocycles. The average molecular weight is 333 g/mol. The van der Waals surface area contributed by atoms with E-state index in [0.717, 1.165) is 12.1 Å². The van der Waals surface area contributed by atoms with Crippen LogP contribution in [0.2, 0.25) is 0 Å². The van der Waals surface area contributed by atoms with Crippen molar-refractivity contribution in [2.75, 3.05) is 0 Å². The van der Waals surface area contributed by atoms with Crippen LogP contribution in [0, 0.1) is 11.3 Å². The first-order chi connectivity index (χ1) is 11.4. The standard InChI is InChI=1S/C16H10F3N3O2/c17-16(18,19)24-12-6-4-11(5-7-12)22-14-3-1-2-10(9-23)15(14)13(8-20)21-22/h1-7,23H,9H2. The second-order valence-corrected chi connectivity index (χ2v) is 4.88. The number of alkyl halides is 3. The van der Waals surface area contributed by atoms with Crippen LogP contribution >= 0.6 is 0 Å². The highest BCUT2D eigenvalue weighted by Crippen LogP contribution is 2.27. The van der Waals surface area contributed by atoms with Crippen molar-refractivity contribution in [3.05, 3.63) is 53.7 Å². The summed E-state index contributed by atoms with van der Waals surface area (Å²) in [5.74, 6) is -0.348. The Morgan fingerprint density at radius 2 is 1.88 bits per heavy atom. The molecule has 0 amide bonds. The van der Waals surface area contributed by atoms with Gasteiger partial charge in [0.15, 0.2) is 5.69 Å². The van der Waals surface area contributed by atoms with Crippen molar-refractivity contribution in [2.45, 2.75) is 13.0 Å². The summed E-state index contributed by atoms with van der Waals surface area (Å²) in [7, 11) is 0. The van der Waals surface area contributed by atoms with Gasteiger partial charge in [-0.15, -0.1) is 13.2 Å². The second-order valence-electron chi connectivity index (χ2n) is 4.88. The number of aliphatic hydroxyl groups is 1. The molecule has 3 aromatic rings. The third-order valence-electron chi connectivity index (χ3n) is 3.38. The van der Waals surface area contributed by atoms with E-state index in [-0.39, 0.29) is 18.1 Å². The Hall–Kier alpha value is -3.05. The van der Waals surface area contributed by atoms with E-state index in [1.54, 1.807) is 18.2 Å². The van der Waals surface area contributed by atoms with E-state index in [1.165, 1.54) is 16.8 Å². The number of halogens is 3. The van der Waals surface area contributed by atoms with Crippen molar-refractivity contribution >= 4 is 10.9 Å². The second kappa shape index (κ2) is 5.86. The summed E-state index contributed by atoms with van der Waals surface area (Å²) in [5.41, 5.74) is 1.71. The van der Waals surface area contributed by atoms with Crippen LogP contribution in [0.15, 0.2) is 42.5 Å². The van der Waals surface area contributed by atoms with E-state index in [4.69, 9.17) is 0 Å². The summed E-state index contributed by atoms with van der Waals surface area (Å²) >= 11 is 0. The number of benzene rings is 2. The molecule has 0 atom stereocenters. The zero-order chi connectivity index (χ0) is 17.3. The predicted octanol–water partition coefficient (Wildman–Crippen LogP) is 3.29. The smallest absolute Gasteiger partial charge is 0.406 e. The monoisotopic (exact) mass is 333 g/mol. The van der Waals surface area contributed by atoms with E-state index in [0.29, 0.717) is 22.2 Å². The molecule has 0 spiro atoms. The molecule has 8 heteroatoms. The maximum Gasteiger partial charge on any atom is 0.573 e. The van der Waals surface area contributed by atoms with Gasteiger partial charge in [0.05, 0.1) is 17.8 Å². The fourth-order valence-corrected chi connectivity index (χ4v) is 2.44. The quantitative estimate of drug-likeness (QED) is 0.798. The number of aromatic nitrogens is 2. The van der Waals surface area contributed by atoms with Gasteiger partial charge >= 0.3 is 6.36 Å². The van der Waals surface area contributed by atoms with Crippen LogP contribution in [0.25, 0.3) is 16.6 Å². The van der Waals surface area contributed by atoms with Gasteiger partial charge in [-0.3, -0.25) is 0 Å². The van der Waals surface area contributed by atoms with Gasteiger partial charge in [-0.2, -0.15) is 10.4 Å². The molecule has 0 aliphatic heterocycles. The molecule has 24 heavy (non-hydrogen) atoms. The van der Waals surface area contributed by atoms with Crippen LogP contribution in [0.4, 0.5) is 13.2 Å². The van der Waals surface area contributed by atoms with Crippen molar-refractivity contribution in [3.63, 3.8) is 0 Å². The molecule has 0 saturated carbocycles. The molecule has 1 N–H and O–H groups in total. The Balaban J connectivity index is 2.09. The zero-order valence-corrected chi connectivity index (χ0v) is 12.1. The third kappa shape index (κ3) is 2.89. The zero-order valence-electron chi connectivity index (χ0n) is 12.1. The van der Waals surface area contributed by atoms with Gasteiger partial charge in [0.2, 0.25) is 0 Å². The number of rotatable bonds is 3. The van der Waals surface area contributed by atoms with E-state index < -0.39 is 6.36 Å². The third-order valence-corrected chi connectivity index (χ3v) is 3.38. The molecule has 2 aromatic carbocycles. The van der Waals surface area contributed by atoms with Gasteiger partial charge in [-0.05, 0) is 35.9 Å². The van der Waals surface area contributed by atoms with Gasteiger partial charge in [0.25, 0.3) is 0 Å². The van der Waals surface area contributed by atoms with Gasteiger partial charge in [0, 0.05) is 5.39 Å². The Kier molecular flexibility index (Phi) is 3.87. The molecule has 5 nitrogen and oxygen atoms in total. The van der Waals surface area contributed by atoms with Gasteiger partial charge < -0.3 is 9.84 Å². The van der Waals surface area contributed by atoms with Crippen LogP contribution in [0.1, 0.15) is 11.3 Å². The lowest BCUT2D eigenvalue weighted by atomic mass is 10.1. The van der Waals surface area contributed by atoms with Crippen LogP contribution in [0.3, 0.4) is 0 Å². The summed E-state index contributed by atoms with van der Waals surface area (Å²) in [6.07, 6.45) is -4.76. The summed E-state index contributed by atoms with van der Waals surface area (Å²) in [6.45, 7) is -0.254. The first kappa shape index (κ1) is 15.8. The molecule has 0 fully saturated rings. The molecule has 0 radical (unpaired) electrons. The molecular formula is C16H10F3N3O2. The number of fused-ring (bicyclic) bond motifs is 1. The van der Waals surface area contributed by atoms with Gasteiger partial charge in [-0.25, -0.2) is 4.68 Å². The first-order valence-electron chi connectivity index (χ1n) is 6.80. The molecule has 122 valence electrons. The Labute approximate surface area is 134 Å². The number of ether oxygens (including phenoxy) is 1. The Bertz CT molecular complexity index is 925. The summed E-state index contributed by atoms with van der Waals surface area (Å²) in [5, 5.41) is 23.3. The molecule has 1 aromatic heterocycles. The summed E-state index contributed by atoms with van der Waals surface area (Å²) < 4.78 is 41.9. The molecule has 0 aliphatic rings. The highest BCUT2D eigenvalue weighted by atomic mass is 19.4. The molecule has 3 rings (SSSR count). The molecule has 0 aliphatic carbocycles. The van der Waals surface area contributed by atoms with Gasteiger partial charge in [0.1, 0.15) is 11.8 Å². The Morgan fingerprint density at radius 3 is 2.46 bits per heavy atom. The first-order valence-corrected chi connectivity index (χ1v) is 6.80. The van der Waals surface area contributed by atoms with E-state index in [1.807, 2.05) is 6.07 Å². The van der Waals surface area contributed by atoms with Crippen molar-refractivity contribution in [3.8, 4) is 17.5 Å². The molecule has 1 heterocycles. The highest BCUT2D eigenvalue weighted by molar-refractivity contribution is 5.88. The average Bonchev–Trinajstić information content (AvgIpc) is 2.93. The lowest BCUT2D eigenvalue weighted by molar-refractivity contribution is -0.274. The van der Waals surface area contributed by atoms with Crippen molar-refractivity contribution in [2.24, 2.45) is 0 Å². The van der Waals surface area contributed by atoms with Crippen LogP contribution < -0.4 is 4.74 Å². The minimum Gasteiger partial charge on any atom is -0.406 e. The van der Waals surface area contributed by atoms with E-state index in [9.17, 15) is 23.5 Å². The van der Waals surface area contributed by atoms with Crippen LogP contribution in [0.5, 0.6) is 5.75 Å². The van der Waals surface area contributed by atoms with Crippen LogP contribution in [-0.4, -0.2) is 21.2 Å². The maximum absolute atomic E-state index is 12.2. The molecule has 0 unspecified atom stereocenters. The minimum absolute atomic E-state index is 0.130. The lowest BCUT2D eigenvalue weighted by Crippen LogP contribution is -2.17. The summed E-state index contributed by atoms with van der Waals surface area (Å²) in [6, 6.07) is 12.2. The minimum atomic E-state index is -4.76. The van der Waals surface area contributed by atoms with E-state index >= 15 is 0 Å². The SMILES string of the molecule is N#Cc1nn(-c2ccc(OC(F)(F)F)cc2)c2cccc(CO)c12. The topological polar surface area (TPSA) is 71.1 Å². The maximum atomic E-state index is 12.2. The number of hydrogen-bond acceptors (Lipinski definition) is 4. The normalized spacial score (nSPS) is 11.5. The Morgan fingerprint density at radius 1 is 1.17 bits per heavy atom. The van der Waals surface area contributed by atoms with Crippen molar-refractivity contribution < 1.29 is 23.0 Å². The fourth-order valence-electron chi connectivity index (χ4n) is 2.44. The lowest BCUT2D eigenvalue weighted by Gasteiger charge is -2.09. The summed E-state index contributed by atoms with van der Waals surface area (Å²) in [4.78, 5) is 0. The number of aliphatic hydroxyl groups excluding tert-OH is 1. The number of nitriles is 1. The van der Waals surface area contributed by atoms with Crippen molar-refractivity contribution in [1.29, 1.82) is 5.26 Å². The number of hydrogen-bond donors (Lipinski definition) is 1. The van der Waals surface area contributed by atoms with Crippen LogP contribution in [-0.2, 0) is 6.61 Å². The molecule has 0 bridgehead atoms. The van der Waals surface area contributed by atoms with Crippen molar-refractivity contribution in [1.82, 2.24) is 9.78 Å². The predicted molar refractivity (Wildman–Crippen MR) is 78.4 cm³/mol. The van der Waals surface area contributed by atoms with Gasteiger partial charge in [-0.1, -0.05) is 12.1 Å². The molecular weight excluding hydrogens is 323 g/mol. The largest absolute Gasteiger partial charge is 0.573 e. The fraction of sp³-hybridized carbons (Fsp3) is 0.125. The number of nitrogens with zero attached hydrogens (tertiary/aromatic N) is 3.